The van der Waals surface area contributed by atoms with Gasteiger partial charge in [-0.1, -0.05) is 0 Å². The van der Waals surface area contributed by atoms with Crippen LogP contribution < -0.4 is 0 Å². The quantitative estimate of drug-likeness (QED) is 0.400. The van der Waals surface area contributed by atoms with E-state index in [1.165, 1.54) is 59.8 Å². The normalized spacial score (nSPS) is 10.9. The molecule has 0 aromatic carbocycles. The largest absolute Gasteiger partial charge is 0.512 e. The molecular formula is C15H24GaO6. The Morgan fingerprint density at radius 3 is 0.682 bits per heavy atom. The van der Waals surface area contributed by atoms with Gasteiger partial charge in [-0.25, -0.2) is 0 Å². The molecule has 0 spiro atoms. The van der Waals surface area contributed by atoms with Gasteiger partial charge in [0, 0.05) is 38.0 Å². The molecule has 0 saturated heterocycles. The molecule has 0 amide bonds. The molecule has 0 aliphatic heterocycles. The fraction of sp³-hybridized carbons (Fsp3) is 0.400. The Balaban J connectivity index is -0.000000108. The summed E-state index contributed by atoms with van der Waals surface area (Å²) in [6.07, 6.45) is 3.50. The van der Waals surface area contributed by atoms with E-state index in [0.717, 1.165) is 0 Å². The maximum atomic E-state index is 10.0. The topological polar surface area (TPSA) is 112 Å². The minimum atomic E-state index is -0.125. The number of carbonyl (C=O) groups excluding carboxylic acids is 3. The number of aliphatic hydroxyl groups excluding tert-OH is 3. The molecule has 0 unspecified atom stereocenters. The molecule has 0 heterocycles. The zero-order chi connectivity index (χ0) is 17.6. The Labute approximate surface area is 144 Å². The van der Waals surface area contributed by atoms with Crippen LogP contribution >= 0.6 is 0 Å². The summed E-state index contributed by atoms with van der Waals surface area (Å²) in [6.45, 7) is 8.54. The molecule has 7 heteroatoms. The number of aliphatic hydroxyl groups is 3. The van der Waals surface area contributed by atoms with Gasteiger partial charge in [0.25, 0.3) is 0 Å². The summed E-state index contributed by atoms with van der Waals surface area (Å²) >= 11 is 0. The second-order valence-corrected chi connectivity index (χ2v) is 4.19. The van der Waals surface area contributed by atoms with E-state index >= 15 is 0 Å². The van der Waals surface area contributed by atoms with Crippen molar-refractivity contribution in [2.24, 2.45) is 0 Å². The molecule has 0 aliphatic carbocycles. The maximum absolute atomic E-state index is 10.0. The summed E-state index contributed by atoms with van der Waals surface area (Å²) < 4.78 is 0. The van der Waals surface area contributed by atoms with E-state index in [9.17, 15) is 14.4 Å². The Kier molecular flexibility index (Phi) is 22.4. The van der Waals surface area contributed by atoms with Crippen molar-refractivity contribution in [2.45, 2.75) is 41.5 Å². The van der Waals surface area contributed by atoms with E-state index < -0.39 is 0 Å². The van der Waals surface area contributed by atoms with E-state index in [2.05, 4.69) is 0 Å². The molecule has 0 aromatic heterocycles. The Hall–Kier alpha value is -1.73. The Bertz CT molecular complexity index is 368. The van der Waals surface area contributed by atoms with Crippen molar-refractivity contribution in [2.75, 3.05) is 0 Å². The van der Waals surface area contributed by atoms with Crippen LogP contribution in [0, 0.1) is 0 Å². The van der Waals surface area contributed by atoms with Crippen LogP contribution in [0.2, 0.25) is 0 Å². The Morgan fingerprint density at radius 2 is 0.682 bits per heavy atom. The molecule has 0 bridgehead atoms. The van der Waals surface area contributed by atoms with Crippen LogP contribution in [0.4, 0.5) is 0 Å². The van der Waals surface area contributed by atoms with Crippen LogP contribution in [0.1, 0.15) is 41.5 Å². The minimum absolute atomic E-state index is 0. The smallest absolute Gasteiger partial charge is 0.155 e. The molecule has 3 N–H and O–H groups in total. The zero-order valence-electron chi connectivity index (χ0n) is 13.9. The van der Waals surface area contributed by atoms with Crippen LogP contribution in [-0.2, 0) is 14.4 Å². The molecular weight excluding hydrogens is 346 g/mol. The van der Waals surface area contributed by atoms with Crippen LogP contribution in [0.25, 0.3) is 0 Å². The third kappa shape index (κ3) is 51.7. The first-order valence-corrected chi connectivity index (χ1v) is 6.02. The predicted octanol–water partition coefficient (Wildman–Crippen LogP) is 2.73. The summed E-state index contributed by atoms with van der Waals surface area (Å²) in [5.74, 6) is -0.187. The molecule has 0 saturated carbocycles. The van der Waals surface area contributed by atoms with Gasteiger partial charge in [0.15, 0.2) is 17.3 Å². The molecule has 22 heavy (non-hydrogen) atoms. The van der Waals surface area contributed by atoms with Gasteiger partial charge < -0.3 is 15.3 Å². The maximum Gasteiger partial charge on any atom is 0.155 e. The van der Waals surface area contributed by atoms with Gasteiger partial charge in [0.1, 0.15) is 0 Å². The summed E-state index contributed by atoms with van der Waals surface area (Å²) in [5.41, 5.74) is 0. The van der Waals surface area contributed by atoms with Gasteiger partial charge in [-0.15, -0.1) is 0 Å². The third-order valence-electron chi connectivity index (χ3n) is 1.24. The van der Waals surface area contributed by atoms with Gasteiger partial charge in [0.05, 0.1) is 17.3 Å². The summed E-state index contributed by atoms with van der Waals surface area (Å²) in [5, 5.41) is 25.1. The molecule has 0 aromatic rings. The van der Waals surface area contributed by atoms with Crippen molar-refractivity contribution in [1.82, 2.24) is 0 Å². The third-order valence-corrected chi connectivity index (χ3v) is 1.24. The standard InChI is InChI=1S/3C5H8O2.Ga/c3*1-4(6)3-5(2)7;/h3*3,6H,1-2H3;. The fourth-order valence-electron chi connectivity index (χ4n) is 0.882. The first-order chi connectivity index (χ1) is 9.38. The molecule has 0 aliphatic rings. The van der Waals surface area contributed by atoms with Crippen LogP contribution in [-0.4, -0.2) is 52.5 Å². The van der Waals surface area contributed by atoms with Gasteiger partial charge >= 0.3 is 0 Å². The van der Waals surface area contributed by atoms with Crippen LogP contribution in [0.15, 0.2) is 35.5 Å². The average Bonchev–Trinajstić information content (AvgIpc) is 2.10. The van der Waals surface area contributed by atoms with E-state index in [-0.39, 0.29) is 54.4 Å². The zero-order valence-corrected chi connectivity index (χ0v) is 16.3. The number of allylic oxidation sites excluding steroid dienone is 6. The van der Waals surface area contributed by atoms with Gasteiger partial charge in [-0.2, -0.15) is 0 Å². The first kappa shape index (κ1) is 28.4. The minimum Gasteiger partial charge on any atom is -0.512 e. The first-order valence-electron chi connectivity index (χ1n) is 6.02. The van der Waals surface area contributed by atoms with E-state index in [4.69, 9.17) is 15.3 Å². The van der Waals surface area contributed by atoms with Crippen LogP contribution in [0.5, 0.6) is 0 Å². The van der Waals surface area contributed by atoms with Gasteiger partial charge in [-0.05, 0) is 41.5 Å². The van der Waals surface area contributed by atoms with Gasteiger partial charge in [0.2, 0.25) is 0 Å². The van der Waals surface area contributed by atoms with Crippen molar-refractivity contribution >= 4 is 37.1 Å². The summed E-state index contributed by atoms with van der Waals surface area (Å²) in [4.78, 5) is 30.1. The van der Waals surface area contributed by atoms with Crippen LogP contribution in [0.3, 0.4) is 0 Å². The fourth-order valence-corrected chi connectivity index (χ4v) is 0.882. The monoisotopic (exact) mass is 369 g/mol. The Morgan fingerprint density at radius 1 is 0.545 bits per heavy atom. The van der Waals surface area contributed by atoms with Crippen molar-refractivity contribution in [3.05, 3.63) is 35.5 Å². The molecule has 0 rings (SSSR count). The SMILES string of the molecule is CC(=O)C=C(C)O.CC(=O)C=C(C)O.CC(=O)C=C(C)O.[Ga]. The van der Waals surface area contributed by atoms with E-state index in [1.807, 2.05) is 0 Å². The van der Waals surface area contributed by atoms with E-state index in [0.29, 0.717) is 0 Å². The second-order valence-electron chi connectivity index (χ2n) is 4.19. The molecule has 123 valence electrons. The van der Waals surface area contributed by atoms with Gasteiger partial charge in [-0.3, -0.25) is 14.4 Å². The average molecular weight is 370 g/mol. The predicted molar refractivity (Wildman–Crippen MR) is 87.0 cm³/mol. The molecule has 3 radical (unpaired) electrons. The van der Waals surface area contributed by atoms with E-state index in [1.54, 1.807) is 0 Å². The summed E-state index contributed by atoms with van der Waals surface area (Å²) in [6, 6.07) is 0. The number of rotatable bonds is 3. The molecule has 0 atom stereocenters. The van der Waals surface area contributed by atoms with Crippen molar-refractivity contribution in [3.8, 4) is 0 Å². The number of hydrogen-bond donors (Lipinski definition) is 3. The van der Waals surface area contributed by atoms with Crippen molar-refractivity contribution in [1.29, 1.82) is 0 Å². The second kappa shape index (κ2) is 17.3. The number of hydrogen-bond acceptors (Lipinski definition) is 6. The molecule has 0 fully saturated rings. The molecule has 6 nitrogen and oxygen atoms in total. The van der Waals surface area contributed by atoms with Crippen molar-refractivity contribution < 1.29 is 29.7 Å². The number of ketones is 3. The number of carbonyl (C=O) groups is 3. The van der Waals surface area contributed by atoms with Crippen molar-refractivity contribution in [3.63, 3.8) is 0 Å². The summed E-state index contributed by atoms with van der Waals surface area (Å²) in [7, 11) is 0.